The molecule has 2 nitrogen and oxygen atoms in total. The van der Waals surface area contributed by atoms with Crippen LogP contribution in [0.25, 0.3) is 0 Å². The van der Waals surface area contributed by atoms with E-state index in [2.05, 4.69) is 6.92 Å². The first-order valence-electron chi connectivity index (χ1n) is 4.58. The van der Waals surface area contributed by atoms with Gasteiger partial charge >= 0.3 is 0 Å². The van der Waals surface area contributed by atoms with E-state index < -0.39 is 0 Å². The van der Waals surface area contributed by atoms with Gasteiger partial charge in [0.2, 0.25) is 0 Å². The Morgan fingerprint density at radius 3 is 2.58 bits per heavy atom. The molecular weight excluding hydrogens is 170 g/mol. The van der Waals surface area contributed by atoms with Crippen molar-refractivity contribution in [2.75, 3.05) is 11.5 Å². The zero-order chi connectivity index (χ0) is 9.40. The van der Waals surface area contributed by atoms with Gasteiger partial charge in [-0.15, -0.1) is 0 Å². The van der Waals surface area contributed by atoms with Crippen molar-refractivity contribution < 1.29 is 4.79 Å². The highest BCUT2D eigenvalue weighted by Crippen LogP contribution is 2.06. The van der Waals surface area contributed by atoms with Crippen molar-refractivity contribution in [2.45, 2.75) is 39.2 Å². The van der Waals surface area contributed by atoms with Crippen LogP contribution in [0.2, 0.25) is 0 Å². The van der Waals surface area contributed by atoms with Gasteiger partial charge in [0.1, 0.15) is 5.78 Å². The summed E-state index contributed by atoms with van der Waals surface area (Å²) >= 11 is 1.88. The van der Waals surface area contributed by atoms with Gasteiger partial charge < -0.3 is 5.73 Å². The van der Waals surface area contributed by atoms with Crippen LogP contribution in [0.3, 0.4) is 0 Å². The summed E-state index contributed by atoms with van der Waals surface area (Å²) in [5.74, 6) is 2.38. The third kappa shape index (κ3) is 5.61. The van der Waals surface area contributed by atoms with Crippen molar-refractivity contribution in [2.24, 2.45) is 5.73 Å². The van der Waals surface area contributed by atoms with Crippen molar-refractivity contribution >= 4 is 17.5 Å². The molecular formula is C9H19NOS. The van der Waals surface area contributed by atoms with Crippen LogP contribution in [0.5, 0.6) is 0 Å². The number of carbonyl (C=O) groups is 1. The highest BCUT2D eigenvalue weighted by Gasteiger charge is 2.09. The van der Waals surface area contributed by atoms with E-state index in [1.165, 1.54) is 12.2 Å². The van der Waals surface area contributed by atoms with Gasteiger partial charge in [-0.05, 0) is 24.3 Å². The minimum atomic E-state index is -0.223. The van der Waals surface area contributed by atoms with Gasteiger partial charge in [-0.25, -0.2) is 0 Å². The third-order valence-electron chi connectivity index (χ3n) is 1.68. The second kappa shape index (κ2) is 7.62. The zero-order valence-corrected chi connectivity index (χ0v) is 8.82. The zero-order valence-electron chi connectivity index (χ0n) is 8.01. The van der Waals surface area contributed by atoms with Crippen LogP contribution in [0, 0.1) is 0 Å². The van der Waals surface area contributed by atoms with Crippen LogP contribution in [-0.2, 0) is 4.79 Å². The number of carbonyl (C=O) groups excluding carboxylic acids is 1. The van der Waals surface area contributed by atoms with Gasteiger partial charge in [-0.1, -0.05) is 13.8 Å². The molecule has 0 fully saturated rings. The summed E-state index contributed by atoms with van der Waals surface area (Å²) in [6.45, 7) is 4.02. The van der Waals surface area contributed by atoms with E-state index in [1.807, 2.05) is 18.7 Å². The highest BCUT2D eigenvalue weighted by molar-refractivity contribution is 7.99. The smallest absolute Gasteiger partial charge is 0.149 e. The van der Waals surface area contributed by atoms with E-state index in [9.17, 15) is 4.79 Å². The van der Waals surface area contributed by atoms with Crippen LogP contribution in [0.4, 0.5) is 0 Å². The predicted molar refractivity (Wildman–Crippen MR) is 55.5 cm³/mol. The molecule has 0 aromatic rings. The summed E-state index contributed by atoms with van der Waals surface area (Å²) in [6, 6.07) is -0.223. The second-order valence-corrected chi connectivity index (χ2v) is 4.05. The summed E-state index contributed by atoms with van der Waals surface area (Å²) in [5.41, 5.74) is 5.65. The molecule has 1 atom stereocenters. The molecule has 0 amide bonds. The molecule has 0 bridgehead atoms. The van der Waals surface area contributed by atoms with Crippen molar-refractivity contribution in [3.05, 3.63) is 0 Å². The molecule has 0 aromatic carbocycles. The van der Waals surface area contributed by atoms with Crippen LogP contribution in [0.15, 0.2) is 0 Å². The maximum absolute atomic E-state index is 11.0. The summed E-state index contributed by atoms with van der Waals surface area (Å²) in [6.07, 6.45) is 2.60. The Balaban J connectivity index is 3.31. The van der Waals surface area contributed by atoms with Crippen molar-refractivity contribution in [1.29, 1.82) is 0 Å². The average molecular weight is 189 g/mol. The van der Waals surface area contributed by atoms with Crippen LogP contribution >= 0.6 is 11.8 Å². The lowest BCUT2D eigenvalue weighted by Gasteiger charge is -2.07. The Kier molecular flexibility index (Phi) is 7.61. The monoisotopic (exact) mass is 189 g/mol. The quantitative estimate of drug-likeness (QED) is 0.621. The van der Waals surface area contributed by atoms with E-state index in [4.69, 9.17) is 5.73 Å². The molecule has 0 unspecified atom stereocenters. The molecule has 0 saturated heterocycles. The van der Waals surface area contributed by atoms with Crippen LogP contribution in [0.1, 0.15) is 33.1 Å². The largest absolute Gasteiger partial charge is 0.321 e. The Bertz CT molecular complexity index is 128. The summed E-state index contributed by atoms with van der Waals surface area (Å²) < 4.78 is 0. The molecule has 0 rings (SSSR count). The normalized spacial score (nSPS) is 12.9. The maximum Gasteiger partial charge on any atom is 0.149 e. The number of rotatable bonds is 7. The molecule has 0 aliphatic rings. The van der Waals surface area contributed by atoms with Crippen molar-refractivity contribution in [3.8, 4) is 0 Å². The van der Waals surface area contributed by atoms with Crippen LogP contribution in [-0.4, -0.2) is 23.3 Å². The number of Topliss-reactive ketones (excluding diaryl/α,β-unsaturated/α-hetero) is 1. The number of hydrogen-bond acceptors (Lipinski definition) is 3. The molecule has 0 saturated carbocycles. The fraction of sp³-hybridized carbons (Fsp3) is 0.889. The van der Waals surface area contributed by atoms with Crippen LogP contribution < -0.4 is 5.73 Å². The van der Waals surface area contributed by atoms with Gasteiger partial charge in [0.15, 0.2) is 0 Å². The minimum absolute atomic E-state index is 0.187. The lowest BCUT2D eigenvalue weighted by Crippen LogP contribution is -2.30. The Labute approximate surface area is 79.3 Å². The summed E-state index contributed by atoms with van der Waals surface area (Å²) in [7, 11) is 0. The minimum Gasteiger partial charge on any atom is -0.321 e. The molecule has 12 heavy (non-hydrogen) atoms. The molecule has 72 valence electrons. The lowest BCUT2D eigenvalue weighted by molar-refractivity contribution is -0.120. The number of hydrogen-bond donors (Lipinski definition) is 1. The first kappa shape index (κ1) is 12.0. The Morgan fingerprint density at radius 2 is 2.08 bits per heavy atom. The average Bonchev–Trinajstić information content (AvgIpc) is 2.10. The number of thioether (sulfide) groups is 1. The maximum atomic E-state index is 11.0. The lowest BCUT2D eigenvalue weighted by atomic mass is 10.1. The molecule has 0 aliphatic heterocycles. The molecule has 0 radical (unpaired) electrons. The molecule has 3 heteroatoms. The molecule has 0 heterocycles. The van der Waals surface area contributed by atoms with Gasteiger partial charge in [-0.3, -0.25) is 4.79 Å². The van der Waals surface area contributed by atoms with Gasteiger partial charge in [-0.2, -0.15) is 11.8 Å². The number of ketones is 1. The Morgan fingerprint density at radius 1 is 1.42 bits per heavy atom. The summed E-state index contributed by atoms with van der Waals surface area (Å²) in [4.78, 5) is 11.0. The van der Waals surface area contributed by atoms with E-state index in [1.54, 1.807) is 0 Å². The first-order valence-corrected chi connectivity index (χ1v) is 5.73. The fourth-order valence-electron chi connectivity index (χ4n) is 0.880. The fourth-order valence-corrected chi connectivity index (χ4v) is 1.79. The molecule has 0 aromatic heterocycles. The first-order chi connectivity index (χ1) is 5.72. The van der Waals surface area contributed by atoms with E-state index >= 15 is 0 Å². The van der Waals surface area contributed by atoms with E-state index in [0.29, 0.717) is 6.42 Å². The summed E-state index contributed by atoms with van der Waals surface area (Å²) in [5, 5.41) is 0. The van der Waals surface area contributed by atoms with E-state index in [0.717, 1.165) is 12.2 Å². The Hall–Kier alpha value is -0.0200. The van der Waals surface area contributed by atoms with Gasteiger partial charge in [0.25, 0.3) is 0 Å². The van der Waals surface area contributed by atoms with E-state index in [-0.39, 0.29) is 11.8 Å². The SMILES string of the molecule is CCCSCC[C@H](N)C(=O)CC. The predicted octanol–water partition coefficient (Wildman–Crippen LogP) is 1.83. The second-order valence-electron chi connectivity index (χ2n) is 2.83. The molecule has 0 spiro atoms. The third-order valence-corrected chi connectivity index (χ3v) is 2.90. The standard InChI is InChI=1S/C9H19NOS/c1-3-6-12-7-5-8(10)9(11)4-2/h8H,3-7,10H2,1-2H3/t8-/m0/s1. The van der Waals surface area contributed by atoms with Crippen molar-refractivity contribution in [3.63, 3.8) is 0 Å². The van der Waals surface area contributed by atoms with Crippen molar-refractivity contribution in [1.82, 2.24) is 0 Å². The number of nitrogens with two attached hydrogens (primary N) is 1. The van der Waals surface area contributed by atoms with Gasteiger partial charge in [0.05, 0.1) is 6.04 Å². The topological polar surface area (TPSA) is 43.1 Å². The molecule has 0 aliphatic carbocycles. The highest BCUT2D eigenvalue weighted by atomic mass is 32.2. The molecule has 2 N–H and O–H groups in total. The van der Waals surface area contributed by atoms with Gasteiger partial charge in [0, 0.05) is 6.42 Å².